The number of aromatic nitrogens is 1. The Labute approximate surface area is 242 Å². The van der Waals surface area contributed by atoms with Gasteiger partial charge < -0.3 is 20.4 Å². The van der Waals surface area contributed by atoms with Crippen LogP contribution >= 0.6 is 0 Å². The third-order valence-electron chi connectivity index (χ3n) is 7.98. The van der Waals surface area contributed by atoms with Crippen LogP contribution in [0.25, 0.3) is 21.7 Å². The van der Waals surface area contributed by atoms with E-state index in [2.05, 4.69) is 21.7 Å². The van der Waals surface area contributed by atoms with Gasteiger partial charge in [-0.2, -0.15) is 5.26 Å². The van der Waals surface area contributed by atoms with Crippen LogP contribution < -0.4 is 16.2 Å². The number of pyridine rings is 1. The van der Waals surface area contributed by atoms with Crippen molar-refractivity contribution in [2.45, 2.75) is 76.6 Å². The van der Waals surface area contributed by atoms with Gasteiger partial charge in [0.25, 0.3) is 11.5 Å². The molecule has 3 atom stereocenters. The molecule has 2 heterocycles. The summed E-state index contributed by atoms with van der Waals surface area (Å²) in [6.45, 7) is 5.32. The second-order valence-electron chi connectivity index (χ2n) is 12.4. The Morgan fingerprint density at radius 1 is 1.12 bits per heavy atom. The highest BCUT2D eigenvalue weighted by Crippen LogP contribution is 2.41. The molecule has 0 radical (unpaired) electrons. The number of hydrogen-bond acceptors (Lipinski definition) is 6. The standard InChI is InChI=1S/C32H33N5O5/c1-32(2,3)42-31(41)37-21-11-8-18(15-21)27(37)30(40)35-20(16-33)13-17-7-12-22-23-5-4-6-24(28(38)34-19-9-10-19)26(23)36-29(39)25(22)14-17/h4-7,12,14-15,18-20,27H,8-11,13H2,1-3H3,(H,34,38)(H,35,40)(H,36,39)/t18-,20?,27-/m0/s1. The minimum absolute atomic E-state index is 0.129. The first-order valence-electron chi connectivity index (χ1n) is 14.3. The van der Waals surface area contributed by atoms with Crippen LogP contribution in [0.3, 0.4) is 0 Å². The van der Waals surface area contributed by atoms with Crippen molar-refractivity contribution in [3.8, 4) is 6.07 Å². The van der Waals surface area contributed by atoms with Gasteiger partial charge in [-0.15, -0.1) is 0 Å². The summed E-state index contributed by atoms with van der Waals surface area (Å²) in [5, 5.41) is 17.6. The number of amides is 3. The largest absolute Gasteiger partial charge is 0.443 e. The lowest BCUT2D eigenvalue weighted by Crippen LogP contribution is -2.54. The monoisotopic (exact) mass is 567 g/mol. The van der Waals surface area contributed by atoms with Crippen molar-refractivity contribution >= 4 is 39.6 Å². The van der Waals surface area contributed by atoms with Crippen LogP contribution in [0.15, 0.2) is 53.0 Å². The first-order valence-corrected chi connectivity index (χ1v) is 14.3. The van der Waals surface area contributed by atoms with Crippen LogP contribution in [0.1, 0.15) is 62.4 Å². The number of carbonyl (C=O) groups is 3. The van der Waals surface area contributed by atoms with Crippen molar-refractivity contribution in [2.24, 2.45) is 5.92 Å². The predicted octanol–water partition coefficient (Wildman–Crippen LogP) is 4.04. The van der Waals surface area contributed by atoms with Gasteiger partial charge in [-0.1, -0.05) is 30.3 Å². The second kappa shape index (κ2) is 10.3. The SMILES string of the molecule is CC(C)(C)OC(=O)N1C2=C[C@H](CC2)[C@H]1C(=O)NC(C#N)Cc1ccc2c(c1)c(=O)[nH]c1c(C(=O)NC3CC3)cccc12. The normalized spacial score (nSPS) is 20.2. The number of rotatable bonds is 6. The first kappa shape index (κ1) is 27.5. The number of piperidine rings is 1. The first-order chi connectivity index (χ1) is 20.0. The molecule has 3 aliphatic rings. The molecule has 10 heteroatoms. The van der Waals surface area contributed by atoms with Crippen LogP contribution in [0, 0.1) is 17.2 Å². The lowest BCUT2D eigenvalue weighted by Gasteiger charge is -2.35. The molecule has 6 rings (SSSR count). The molecule has 42 heavy (non-hydrogen) atoms. The minimum atomic E-state index is -0.878. The molecule has 1 saturated carbocycles. The molecule has 1 fully saturated rings. The summed E-state index contributed by atoms with van der Waals surface area (Å²) in [7, 11) is 0. The molecule has 2 aromatic carbocycles. The van der Waals surface area contributed by atoms with Crippen molar-refractivity contribution < 1.29 is 19.1 Å². The number of benzene rings is 2. The van der Waals surface area contributed by atoms with Crippen molar-refractivity contribution in [1.82, 2.24) is 20.5 Å². The number of aromatic amines is 1. The molecule has 1 aliphatic heterocycles. The van der Waals surface area contributed by atoms with E-state index < -0.39 is 29.7 Å². The summed E-state index contributed by atoms with van der Waals surface area (Å²) < 4.78 is 5.55. The number of nitrogens with zero attached hydrogens (tertiary/aromatic N) is 2. The summed E-state index contributed by atoms with van der Waals surface area (Å²) in [4.78, 5) is 56.6. The molecule has 3 amide bonds. The van der Waals surface area contributed by atoms with Crippen LogP contribution in [-0.4, -0.2) is 51.5 Å². The Morgan fingerprint density at radius 3 is 2.62 bits per heavy atom. The number of para-hydroxylation sites is 1. The Morgan fingerprint density at radius 2 is 1.90 bits per heavy atom. The van der Waals surface area contributed by atoms with E-state index in [1.165, 1.54) is 4.90 Å². The zero-order valence-electron chi connectivity index (χ0n) is 23.8. The lowest BCUT2D eigenvalue weighted by atomic mass is 9.95. The number of carbonyl (C=O) groups excluding carboxylic acids is 3. The maximum atomic E-state index is 13.4. The van der Waals surface area contributed by atoms with E-state index in [0.717, 1.165) is 30.3 Å². The molecule has 3 aromatic rings. The van der Waals surface area contributed by atoms with Crippen molar-refractivity contribution in [3.05, 3.63) is 69.7 Å². The smallest absolute Gasteiger partial charge is 0.415 e. The third kappa shape index (κ3) is 5.22. The fraction of sp³-hybridized carbons (Fsp3) is 0.406. The fourth-order valence-electron chi connectivity index (χ4n) is 5.94. The molecule has 0 saturated heterocycles. The molecule has 2 bridgehead atoms. The van der Waals surface area contributed by atoms with Crippen molar-refractivity contribution in [1.29, 1.82) is 5.26 Å². The predicted molar refractivity (Wildman–Crippen MR) is 156 cm³/mol. The zero-order chi connectivity index (χ0) is 29.8. The van der Waals surface area contributed by atoms with E-state index in [1.54, 1.807) is 39.0 Å². The van der Waals surface area contributed by atoms with Gasteiger partial charge in [0.05, 0.1) is 17.1 Å². The van der Waals surface area contributed by atoms with Gasteiger partial charge >= 0.3 is 6.09 Å². The van der Waals surface area contributed by atoms with Crippen molar-refractivity contribution in [2.75, 3.05) is 0 Å². The Hall–Kier alpha value is -4.65. The van der Waals surface area contributed by atoms with Gasteiger partial charge in [-0.25, -0.2) is 4.79 Å². The maximum absolute atomic E-state index is 13.4. The summed E-state index contributed by atoms with van der Waals surface area (Å²) in [6, 6.07) is 11.4. The topological polar surface area (TPSA) is 144 Å². The zero-order valence-corrected chi connectivity index (χ0v) is 23.8. The van der Waals surface area contributed by atoms with Crippen LogP contribution in [-0.2, 0) is 16.0 Å². The molecule has 2 aliphatic carbocycles. The summed E-state index contributed by atoms with van der Waals surface area (Å²) in [6.07, 6.45) is 4.92. The number of likely N-dealkylation sites (tertiary alicyclic amines) is 1. The number of ether oxygens (including phenoxy) is 1. The Balaban J connectivity index is 1.22. The summed E-state index contributed by atoms with van der Waals surface area (Å²) in [5.74, 6) is -0.750. The Kier molecular flexibility index (Phi) is 6.76. The highest BCUT2D eigenvalue weighted by molar-refractivity contribution is 6.13. The number of fused-ring (bicyclic) bond motifs is 4. The highest BCUT2D eigenvalue weighted by Gasteiger charge is 2.48. The van der Waals surface area contributed by atoms with E-state index in [1.807, 2.05) is 24.3 Å². The van der Waals surface area contributed by atoms with Crippen LogP contribution in [0.2, 0.25) is 0 Å². The molecule has 3 N–H and O–H groups in total. The van der Waals surface area contributed by atoms with E-state index in [-0.39, 0.29) is 29.8 Å². The minimum Gasteiger partial charge on any atom is -0.443 e. The average Bonchev–Trinajstić information content (AvgIpc) is 3.50. The summed E-state index contributed by atoms with van der Waals surface area (Å²) in [5.41, 5.74) is 1.33. The molecule has 1 aromatic heterocycles. The van der Waals surface area contributed by atoms with Crippen LogP contribution in [0.5, 0.6) is 0 Å². The lowest BCUT2D eigenvalue weighted by molar-refractivity contribution is -0.127. The van der Waals surface area contributed by atoms with Gasteiger partial charge in [0, 0.05) is 34.9 Å². The quantitative estimate of drug-likeness (QED) is 0.384. The fourth-order valence-corrected chi connectivity index (χ4v) is 5.94. The number of hydrogen-bond donors (Lipinski definition) is 3. The number of nitriles is 1. The van der Waals surface area contributed by atoms with Gasteiger partial charge in [0.1, 0.15) is 17.7 Å². The second-order valence-corrected chi connectivity index (χ2v) is 12.4. The van der Waals surface area contributed by atoms with E-state index >= 15 is 0 Å². The molecule has 1 unspecified atom stereocenters. The summed E-state index contributed by atoms with van der Waals surface area (Å²) >= 11 is 0. The van der Waals surface area contributed by atoms with E-state index in [0.29, 0.717) is 33.8 Å². The van der Waals surface area contributed by atoms with Crippen molar-refractivity contribution in [3.63, 3.8) is 0 Å². The van der Waals surface area contributed by atoms with Gasteiger partial charge in [0.2, 0.25) is 5.91 Å². The number of nitrogens with one attached hydrogen (secondary N) is 3. The van der Waals surface area contributed by atoms with E-state index in [9.17, 15) is 24.4 Å². The molecular weight excluding hydrogens is 534 g/mol. The number of H-pyrrole nitrogens is 1. The molecule has 10 nitrogen and oxygen atoms in total. The molecule has 216 valence electrons. The molecular formula is C32H33N5O5. The van der Waals surface area contributed by atoms with Gasteiger partial charge in [-0.3, -0.25) is 19.3 Å². The maximum Gasteiger partial charge on any atom is 0.415 e. The van der Waals surface area contributed by atoms with Gasteiger partial charge in [0.15, 0.2) is 0 Å². The van der Waals surface area contributed by atoms with E-state index in [4.69, 9.17) is 4.74 Å². The highest BCUT2D eigenvalue weighted by atomic mass is 16.6. The number of allylic oxidation sites excluding steroid dienone is 1. The third-order valence-corrected chi connectivity index (χ3v) is 7.98. The average molecular weight is 568 g/mol. The van der Waals surface area contributed by atoms with Gasteiger partial charge in [-0.05, 0) is 69.5 Å². The Bertz CT molecular complexity index is 1760. The van der Waals surface area contributed by atoms with Crippen LogP contribution in [0.4, 0.5) is 4.79 Å². The molecule has 0 spiro atoms.